The van der Waals surface area contributed by atoms with Crippen LogP contribution in [0, 0.1) is 5.92 Å². The molecule has 1 aliphatic heterocycles. The molecule has 1 atom stereocenters. The van der Waals surface area contributed by atoms with E-state index in [1.54, 1.807) is 0 Å². The molecule has 1 fully saturated rings. The maximum Gasteiger partial charge on any atom is 0.00790 e. The quantitative estimate of drug-likeness (QED) is 0.611. The van der Waals surface area contributed by atoms with E-state index in [9.17, 15) is 0 Å². The molecule has 84 valence electrons. The summed E-state index contributed by atoms with van der Waals surface area (Å²) in [5, 5.41) is 6.92. The van der Waals surface area contributed by atoms with Crippen LogP contribution in [-0.2, 0) is 0 Å². The summed E-state index contributed by atoms with van der Waals surface area (Å²) >= 11 is 0. The molecule has 0 amide bonds. The number of rotatable bonds is 6. The lowest BCUT2D eigenvalue weighted by atomic mass is 10.1. The van der Waals surface area contributed by atoms with Gasteiger partial charge in [0, 0.05) is 25.7 Å². The molecule has 3 nitrogen and oxygen atoms in total. The first-order valence-corrected chi connectivity index (χ1v) is 5.81. The lowest BCUT2D eigenvalue weighted by Crippen LogP contribution is -2.34. The topological polar surface area (TPSA) is 27.3 Å². The molecule has 1 heterocycles. The minimum Gasteiger partial charge on any atom is -0.315 e. The smallest absolute Gasteiger partial charge is 0.00790 e. The molecule has 14 heavy (non-hydrogen) atoms. The fraction of sp³-hybridized carbons (Fsp3) is 1.00. The van der Waals surface area contributed by atoms with Gasteiger partial charge in [-0.25, -0.2) is 0 Å². The average molecular weight is 199 g/mol. The summed E-state index contributed by atoms with van der Waals surface area (Å²) in [6.45, 7) is 10.3. The van der Waals surface area contributed by atoms with Gasteiger partial charge >= 0.3 is 0 Å². The average Bonchev–Trinajstić information content (AvgIpc) is 2.50. The van der Waals surface area contributed by atoms with Gasteiger partial charge in [-0.3, -0.25) is 0 Å². The van der Waals surface area contributed by atoms with Crippen LogP contribution >= 0.6 is 0 Å². The zero-order valence-corrected chi connectivity index (χ0v) is 9.84. The molecule has 0 radical (unpaired) electrons. The van der Waals surface area contributed by atoms with Gasteiger partial charge in [-0.1, -0.05) is 13.8 Å². The third-order valence-electron chi connectivity index (χ3n) is 2.78. The zero-order chi connectivity index (χ0) is 10.4. The van der Waals surface area contributed by atoms with Crippen molar-refractivity contribution < 1.29 is 0 Å². The van der Waals surface area contributed by atoms with E-state index in [0.29, 0.717) is 6.04 Å². The number of nitrogens with zero attached hydrogens (tertiary/aromatic N) is 1. The van der Waals surface area contributed by atoms with E-state index < -0.39 is 0 Å². The molecule has 1 saturated heterocycles. The lowest BCUT2D eigenvalue weighted by Gasteiger charge is -2.12. The first kappa shape index (κ1) is 12.0. The summed E-state index contributed by atoms with van der Waals surface area (Å²) in [7, 11) is 2.21. The normalized spacial score (nSPS) is 23.6. The van der Waals surface area contributed by atoms with E-state index in [4.69, 9.17) is 0 Å². The molecule has 1 rings (SSSR count). The summed E-state index contributed by atoms with van der Waals surface area (Å²) in [5.74, 6) is 0.874. The highest BCUT2D eigenvalue weighted by Gasteiger charge is 2.18. The molecule has 0 aliphatic carbocycles. The maximum absolute atomic E-state index is 3.51. The van der Waals surface area contributed by atoms with Gasteiger partial charge in [0.2, 0.25) is 0 Å². The first-order valence-electron chi connectivity index (χ1n) is 5.81. The summed E-state index contributed by atoms with van der Waals surface area (Å²) in [6, 6.07) is 0.606. The Kier molecular flexibility index (Phi) is 5.45. The van der Waals surface area contributed by atoms with Crippen molar-refractivity contribution in [3.63, 3.8) is 0 Å². The molecular weight excluding hydrogens is 174 g/mol. The van der Waals surface area contributed by atoms with E-state index in [0.717, 1.165) is 19.0 Å². The SMILES string of the molecule is CC(C)NCCNCC1CCN(C)C1. The predicted molar refractivity (Wildman–Crippen MR) is 61.6 cm³/mol. The molecule has 0 spiro atoms. The van der Waals surface area contributed by atoms with E-state index >= 15 is 0 Å². The van der Waals surface area contributed by atoms with Crippen LogP contribution in [0.2, 0.25) is 0 Å². The highest BCUT2D eigenvalue weighted by molar-refractivity contribution is 4.74. The highest BCUT2D eigenvalue weighted by Crippen LogP contribution is 2.12. The van der Waals surface area contributed by atoms with Crippen LogP contribution in [0.15, 0.2) is 0 Å². The Balaban J connectivity index is 1.89. The Morgan fingerprint density at radius 2 is 2.14 bits per heavy atom. The Labute approximate surface area is 88.2 Å². The van der Waals surface area contributed by atoms with Crippen molar-refractivity contribution >= 4 is 0 Å². The molecule has 1 unspecified atom stereocenters. The third kappa shape index (κ3) is 4.94. The van der Waals surface area contributed by atoms with Crippen molar-refractivity contribution in [1.82, 2.24) is 15.5 Å². The minimum atomic E-state index is 0.606. The maximum atomic E-state index is 3.51. The molecule has 3 heteroatoms. The van der Waals surface area contributed by atoms with Gasteiger partial charge in [0.25, 0.3) is 0 Å². The minimum absolute atomic E-state index is 0.606. The number of likely N-dealkylation sites (tertiary alicyclic amines) is 1. The standard InChI is InChI=1S/C11H25N3/c1-10(2)13-6-5-12-8-11-4-7-14(3)9-11/h10-13H,4-9H2,1-3H3. The molecule has 1 aliphatic rings. The lowest BCUT2D eigenvalue weighted by molar-refractivity contribution is 0.387. The Hall–Kier alpha value is -0.120. The van der Waals surface area contributed by atoms with Crippen LogP contribution in [0.5, 0.6) is 0 Å². The monoisotopic (exact) mass is 199 g/mol. The van der Waals surface area contributed by atoms with Crippen LogP contribution in [-0.4, -0.2) is 50.7 Å². The Morgan fingerprint density at radius 3 is 2.71 bits per heavy atom. The van der Waals surface area contributed by atoms with Gasteiger partial charge in [-0.2, -0.15) is 0 Å². The summed E-state index contributed by atoms with van der Waals surface area (Å²) in [6.07, 6.45) is 1.36. The van der Waals surface area contributed by atoms with Crippen LogP contribution in [0.3, 0.4) is 0 Å². The van der Waals surface area contributed by atoms with Crippen molar-refractivity contribution in [3.05, 3.63) is 0 Å². The largest absolute Gasteiger partial charge is 0.315 e. The van der Waals surface area contributed by atoms with Crippen LogP contribution < -0.4 is 10.6 Å². The highest BCUT2D eigenvalue weighted by atomic mass is 15.1. The molecule has 0 aromatic carbocycles. The van der Waals surface area contributed by atoms with E-state index in [-0.39, 0.29) is 0 Å². The number of hydrogen-bond acceptors (Lipinski definition) is 3. The van der Waals surface area contributed by atoms with Crippen molar-refractivity contribution in [2.24, 2.45) is 5.92 Å². The summed E-state index contributed by atoms with van der Waals surface area (Å²) in [4.78, 5) is 2.42. The van der Waals surface area contributed by atoms with Gasteiger partial charge in [-0.15, -0.1) is 0 Å². The molecule has 0 aromatic rings. The molecule has 0 bridgehead atoms. The Bertz CT molecular complexity index is 147. The van der Waals surface area contributed by atoms with Gasteiger partial charge in [0.15, 0.2) is 0 Å². The van der Waals surface area contributed by atoms with Crippen molar-refractivity contribution in [3.8, 4) is 0 Å². The van der Waals surface area contributed by atoms with Crippen molar-refractivity contribution in [1.29, 1.82) is 0 Å². The summed E-state index contributed by atoms with van der Waals surface area (Å²) in [5.41, 5.74) is 0. The second-order valence-electron chi connectivity index (χ2n) is 4.73. The molecule has 0 saturated carbocycles. The molecule has 0 aromatic heterocycles. The zero-order valence-electron chi connectivity index (χ0n) is 9.84. The summed E-state index contributed by atoms with van der Waals surface area (Å²) < 4.78 is 0. The van der Waals surface area contributed by atoms with Gasteiger partial charge < -0.3 is 15.5 Å². The van der Waals surface area contributed by atoms with Gasteiger partial charge in [0.1, 0.15) is 0 Å². The predicted octanol–water partition coefficient (Wildman–Crippen LogP) is 0.526. The number of hydrogen-bond donors (Lipinski definition) is 2. The van der Waals surface area contributed by atoms with E-state index in [1.807, 2.05) is 0 Å². The van der Waals surface area contributed by atoms with Crippen molar-refractivity contribution in [2.45, 2.75) is 26.3 Å². The first-order chi connectivity index (χ1) is 6.68. The van der Waals surface area contributed by atoms with Crippen LogP contribution in [0.25, 0.3) is 0 Å². The molecule has 2 N–H and O–H groups in total. The third-order valence-corrected chi connectivity index (χ3v) is 2.78. The van der Waals surface area contributed by atoms with Gasteiger partial charge in [-0.05, 0) is 32.5 Å². The van der Waals surface area contributed by atoms with Crippen molar-refractivity contribution in [2.75, 3.05) is 39.8 Å². The molecular formula is C11H25N3. The fourth-order valence-corrected chi connectivity index (χ4v) is 1.95. The Morgan fingerprint density at radius 1 is 1.36 bits per heavy atom. The van der Waals surface area contributed by atoms with E-state index in [1.165, 1.54) is 26.1 Å². The van der Waals surface area contributed by atoms with Crippen LogP contribution in [0.4, 0.5) is 0 Å². The van der Waals surface area contributed by atoms with Crippen LogP contribution in [0.1, 0.15) is 20.3 Å². The number of nitrogens with one attached hydrogen (secondary N) is 2. The van der Waals surface area contributed by atoms with E-state index in [2.05, 4.69) is 36.4 Å². The fourth-order valence-electron chi connectivity index (χ4n) is 1.95. The second-order valence-corrected chi connectivity index (χ2v) is 4.73. The second kappa shape index (κ2) is 6.38. The van der Waals surface area contributed by atoms with Gasteiger partial charge in [0.05, 0.1) is 0 Å².